The summed E-state index contributed by atoms with van der Waals surface area (Å²) in [5, 5.41) is 9.10. The van der Waals surface area contributed by atoms with Crippen LogP contribution in [0.1, 0.15) is 35.7 Å². The molecule has 0 saturated heterocycles. The molecule has 21 heavy (non-hydrogen) atoms. The van der Waals surface area contributed by atoms with Crippen molar-refractivity contribution in [1.82, 2.24) is 14.5 Å². The average molecular weight is 307 g/mol. The summed E-state index contributed by atoms with van der Waals surface area (Å²) >= 11 is 1.46. The number of carboxylic acid groups (broad SMARTS) is 1. The lowest BCUT2D eigenvalue weighted by molar-refractivity contribution is -0.136. The van der Waals surface area contributed by atoms with Gasteiger partial charge in [-0.05, 0) is 12.8 Å². The molecule has 0 bridgehead atoms. The normalized spacial score (nSPS) is 10.8. The molecule has 1 N–H and O–H groups in total. The van der Waals surface area contributed by atoms with Gasteiger partial charge in [0.1, 0.15) is 0 Å². The third-order valence-electron chi connectivity index (χ3n) is 3.28. The Bertz CT molecular complexity index is 692. The maximum atomic E-state index is 12.2. The van der Waals surface area contributed by atoms with Gasteiger partial charge in [0.05, 0.1) is 24.2 Å². The van der Waals surface area contributed by atoms with Crippen molar-refractivity contribution in [2.24, 2.45) is 0 Å². The summed E-state index contributed by atoms with van der Waals surface area (Å²) in [6, 6.07) is 0. The molecule has 2 heterocycles. The van der Waals surface area contributed by atoms with Gasteiger partial charge in [-0.25, -0.2) is 4.79 Å². The van der Waals surface area contributed by atoms with E-state index in [1.807, 2.05) is 13.8 Å². The Labute approximate surface area is 126 Å². The highest BCUT2D eigenvalue weighted by atomic mass is 32.1. The lowest BCUT2D eigenvalue weighted by atomic mass is 10.0. The Kier molecular flexibility index (Phi) is 4.85. The number of carbonyl (C=O) groups is 1. The maximum Gasteiger partial charge on any atom is 0.348 e. The van der Waals surface area contributed by atoms with Crippen LogP contribution in [0.3, 0.4) is 0 Å². The van der Waals surface area contributed by atoms with Crippen LogP contribution in [-0.2, 0) is 30.6 Å². The van der Waals surface area contributed by atoms with Gasteiger partial charge in [0, 0.05) is 22.3 Å². The van der Waals surface area contributed by atoms with Crippen molar-refractivity contribution in [2.45, 2.75) is 39.7 Å². The number of aryl methyl sites for hydroxylation is 1. The Balaban J connectivity index is 2.58. The molecule has 0 saturated carbocycles. The monoisotopic (exact) mass is 307 g/mol. The molecule has 0 aromatic carbocycles. The largest absolute Gasteiger partial charge is 0.481 e. The highest BCUT2D eigenvalue weighted by molar-refractivity contribution is 7.09. The van der Waals surface area contributed by atoms with Crippen molar-refractivity contribution < 1.29 is 9.90 Å². The maximum absolute atomic E-state index is 12.2. The van der Waals surface area contributed by atoms with Crippen LogP contribution in [0.5, 0.6) is 0 Å². The third kappa shape index (κ3) is 3.36. The van der Waals surface area contributed by atoms with E-state index in [2.05, 4.69) is 9.97 Å². The van der Waals surface area contributed by atoms with E-state index in [1.165, 1.54) is 11.3 Å². The third-order valence-corrected chi connectivity index (χ3v) is 4.04. The van der Waals surface area contributed by atoms with Gasteiger partial charge in [0.25, 0.3) is 0 Å². The summed E-state index contributed by atoms with van der Waals surface area (Å²) in [6.45, 7) is 4.18. The van der Waals surface area contributed by atoms with Gasteiger partial charge in [0.2, 0.25) is 0 Å². The summed E-state index contributed by atoms with van der Waals surface area (Å²) in [5.74, 6) is -0.913. The zero-order valence-corrected chi connectivity index (χ0v) is 12.8. The highest BCUT2D eigenvalue weighted by Crippen LogP contribution is 2.16. The number of hydrogen-bond acceptors (Lipinski definition) is 5. The van der Waals surface area contributed by atoms with Crippen LogP contribution in [0.2, 0.25) is 0 Å². The molecule has 0 unspecified atom stereocenters. The standard InChI is InChI=1S/C14H17N3O3S/c1-3-11-10(5-13(18)19)12(4-2)17(14(20)16-11)7-9-6-15-8-21-9/h6,8H,3-5,7H2,1-2H3,(H,18,19). The number of aliphatic carboxylic acids is 1. The van der Waals surface area contributed by atoms with Gasteiger partial charge in [-0.3, -0.25) is 14.3 Å². The van der Waals surface area contributed by atoms with E-state index in [0.717, 1.165) is 10.6 Å². The quantitative estimate of drug-likeness (QED) is 0.874. The predicted octanol–water partition coefficient (Wildman–Crippen LogP) is 1.50. The van der Waals surface area contributed by atoms with E-state index in [4.69, 9.17) is 5.11 Å². The van der Waals surface area contributed by atoms with Crippen molar-refractivity contribution in [2.75, 3.05) is 0 Å². The summed E-state index contributed by atoms with van der Waals surface area (Å²) in [5.41, 5.74) is 3.38. The van der Waals surface area contributed by atoms with Gasteiger partial charge in [-0.1, -0.05) is 13.8 Å². The average Bonchev–Trinajstić information content (AvgIpc) is 2.94. The first-order chi connectivity index (χ1) is 10.1. The molecule has 0 spiro atoms. The first kappa shape index (κ1) is 15.4. The smallest absolute Gasteiger partial charge is 0.348 e. The molecule has 0 aliphatic carbocycles. The van der Waals surface area contributed by atoms with E-state index in [9.17, 15) is 9.59 Å². The van der Waals surface area contributed by atoms with Gasteiger partial charge in [0.15, 0.2) is 0 Å². The number of hydrogen-bond donors (Lipinski definition) is 1. The van der Waals surface area contributed by atoms with Crippen LogP contribution in [0.4, 0.5) is 0 Å². The van der Waals surface area contributed by atoms with E-state index in [0.29, 0.717) is 30.6 Å². The topological polar surface area (TPSA) is 85.1 Å². The van der Waals surface area contributed by atoms with Crippen molar-refractivity contribution in [3.05, 3.63) is 44.0 Å². The first-order valence-corrected chi connectivity index (χ1v) is 7.65. The fraction of sp³-hybridized carbons (Fsp3) is 0.429. The molecule has 0 amide bonds. The molecule has 6 nitrogen and oxygen atoms in total. The molecule has 2 aromatic heterocycles. The van der Waals surface area contributed by atoms with Crippen LogP contribution < -0.4 is 5.69 Å². The Morgan fingerprint density at radius 1 is 1.38 bits per heavy atom. The molecule has 0 aliphatic heterocycles. The van der Waals surface area contributed by atoms with E-state index >= 15 is 0 Å². The van der Waals surface area contributed by atoms with Crippen molar-refractivity contribution in [1.29, 1.82) is 0 Å². The predicted molar refractivity (Wildman–Crippen MR) is 79.8 cm³/mol. The molecular weight excluding hydrogens is 290 g/mol. The second-order valence-electron chi connectivity index (χ2n) is 4.60. The van der Waals surface area contributed by atoms with E-state index in [1.54, 1.807) is 16.3 Å². The molecule has 7 heteroatoms. The second-order valence-corrected chi connectivity index (χ2v) is 5.57. The van der Waals surface area contributed by atoms with E-state index in [-0.39, 0.29) is 12.1 Å². The molecule has 2 rings (SSSR count). The number of thiazole rings is 1. The van der Waals surface area contributed by atoms with Crippen LogP contribution in [0.25, 0.3) is 0 Å². The summed E-state index contributed by atoms with van der Waals surface area (Å²) in [6.07, 6.45) is 2.74. The summed E-state index contributed by atoms with van der Waals surface area (Å²) in [7, 11) is 0. The number of rotatable bonds is 6. The molecule has 2 aromatic rings. The number of aromatic nitrogens is 3. The molecule has 0 atom stereocenters. The Morgan fingerprint density at radius 3 is 2.67 bits per heavy atom. The zero-order valence-electron chi connectivity index (χ0n) is 12.0. The minimum absolute atomic E-state index is 0.109. The molecule has 0 aliphatic rings. The molecular formula is C14H17N3O3S. The zero-order chi connectivity index (χ0) is 15.4. The lowest BCUT2D eigenvalue weighted by Gasteiger charge is -2.16. The lowest BCUT2D eigenvalue weighted by Crippen LogP contribution is -2.30. The van der Waals surface area contributed by atoms with Crippen LogP contribution in [-0.4, -0.2) is 25.6 Å². The van der Waals surface area contributed by atoms with Gasteiger partial charge in [-0.2, -0.15) is 4.98 Å². The summed E-state index contributed by atoms with van der Waals surface area (Å²) in [4.78, 5) is 32.3. The molecule has 0 radical (unpaired) electrons. The Hall–Kier alpha value is -2.02. The molecule has 112 valence electrons. The van der Waals surface area contributed by atoms with E-state index < -0.39 is 5.97 Å². The van der Waals surface area contributed by atoms with Gasteiger partial charge >= 0.3 is 11.7 Å². The van der Waals surface area contributed by atoms with Crippen molar-refractivity contribution >= 4 is 17.3 Å². The van der Waals surface area contributed by atoms with Crippen molar-refractivity contribution in [3.63, 3.8) is 0 Å². The van der Waals surface area contributed by atoms with Crippen LogP contribution >= 0.6 is 11.3 Å². The minimum atomic E-state index is -0.913. The minimum Gasteiger partial charge on any atom is -0.481 e. The number of nitrogens with zero attached hydrogens (tertiary/aromatic N) is 3. The van der Waals surface area contributed by atoms with Gasteiger partial charge in [-0.15, -0.1) is 11.3 Å². The van der Waals surface area contributed by atoms with Crippen molar-refractivity contribution in [3.8, 4) is 0 Å². The van der Waals surface area contributed by atoms with Gasteiger partial charge < -0.3 is 5.11 Å². The highest BCUT2D eigenvalue weighted by Gasteiger charge is 2.17. The number of carboxylic acids is 1. The molecule has 0 fully saturated rings. The van der Waals surface area contributed by atoms with Crippen LogP contribution in [0.15, 0.2) is 16.5 Å². The fourth-order valence-corrected chi connectivity index (χ4v) is 2.96. The fourth-order valence-electron chi connectivity index (χ4n) is 2.38. The SMILES string of the molecule is CCc1nc(=O)n(Cc2cncs2)c(CC)c1CC(=O)O. The summed E-state index contributed by atoms with van der Waals surface area (Å²) < 4.78 is 1.56. The Morgan fingerprint density at radius 2 is 2.14 bits per heavy atom. The second kappa shape index (κ2) is 6.62. The first-order valence-electron chi connectivity index (χ1n) is 6.77. The van der Waals surface area contributed by atoms with Crippen LogP contribution in [0, 0.1) is 0 Å².